The van der Waals surface area contributed by atoms with Crippen LogP contribution in [0.2, 0.25) is 0 Å². The number of nitrogens with zero attached hydrogens (tertiary/aromatic N) is 3. The van der Waals surface area contributed by atoms with Gasteiger partial charge in [-0.2, -0.15) is 0 Å². The first-order valence-corrected chi connectivity index (χ1v) is 8.30. The van der Waals surface area contributed by atoms with Crippen molar-refractivity contribution < 1.29 is 14.3 Å². The molecule has 1 aromatic carbocycles. The van der Waals surface area contributed by atoms with E-state index in [2.05, 4.69) is 4.98 Å². The number of likely N-dealkylation sites (N-methyl/N-ethyl adjacent to an activating group) is 1. The SMILES string of the molecule is COc1ccc(CCN(Cc2ccccn2)C(=O)CN(C)C(N)=O)cc1. The van der Waals surface area contributed by atoms with Gasteiger partial charge >= 0.3 is 6.03 Å². The van der Waals surface area contributed by atoms with Gasteiger partial charge in [-0.15, -0.1) is 0 Å². The fourth-order valence-electron chi connectivity index (χ4n) is 2.42. The van der Waals surface area contributed by atoms with Gasteiger partial charge in [0, 0.05) is 19.8 Å². The first-order valence-electron chi connectivity index (χ1n) is 8.30. The molecule has 1 aromatic heterocycles. The minimum absolute atomic E-state index is 0.0647. The van der Waals surface area contributed by atoms with Gasteiger partial charge in [-0.1, -0.05) is 18.2 Å². The summed E-state index contributed by atoms with van der Waals surface area (Å²) < 4.78 is 5.16. The van der Waals surface area contributed by atoms with Crippen LogP contribution in [0, 0.1) is 0 Å². The van der Waals surface area contributed by atoms with E-state index in [0.717, 1.165) is 17.0 Å². The molecule has 7 nitrogen and oxygen atoms in total. The Bertz CT molecular complexity index is 719. The number of amides is 3. The van der Waals surface area contributed by atoms with Crippen molar-refractivity contribution in [3.8, 4) is 5.75 Å². The van der Waals surface area contributed by atoms with E-state index in [1.165, 1.54) is 11.9 Å². The third-order valence-corrected chi connectivity index (χ3v) is 4.01. The standard InChI is InChI=1S/C19H24N4O3/c1-22(19(20)25)14-18(24)23(13-16-5-3-4-11-21-16)12-10-15-6-8-17(26-2)9-7-15/h3-9,11H,10,12-14H2,1-2H3,(H2,20,25). The number of urea groups is 1. The Labute approximate surface area is 153 Å². The Morgan fingerprint density at radius 1 is 1.15 bits per heavy atom. The van der Waals surface area contributed by atoms with Crippen molar-refractivity contribution in [3.63, 3.8) is 0 Å². The predicted molar refractivity (Wildman–Crippen MR) is 98.6 cm³/mol. The number of hydrogen-bond donors (Lipinski definition) is 1. The van der Waals surface area contributed by atoms with Crippen LogP contribution < -0.4 is 10.5 Å². The summed E-state index contributed by atoms with van der Waals surface area (Å²) in [6.45, 7) is 0.821. The number of ether oxygens (including phenoxy) is 1. The summed E-state index contributed by atoms with van der Waals surface area (Å²) >= 11 is 0. The van der Waals surface area contributed by atoms with E-state index < -0.39 is 6.03 Å². The van der Waals surface area contributed by atoms with Crippen LogP contribution in [0.25, 0.3) is 0 Å². The Kier molecular flexibility index (Phi) is 6.96. The van der Waals surface area contributed by atoms with Gasteiger partial charge in [0.05, 0.1) is 19.3 Å². The van der Waals surface area contributed by atoms with E-state index in [0.29, 0.717) is 19.5 Å². The van der Waals surface area contributed by atoms with Crippen molar-refractivity contribution in [2.24, 2.45) is 5.73 Å². The van der Waals surface area contributed by atoms with Crippen LogP contribution in [-0.4, -0.2) is 54.0 Å². The van der Waals surface area contributed by atoms with E-state index in [-0.39, 0.29) is 12.5 Å². The van der Waals surface area contributed by atoms with Gasteiger partial charge in [0.2, 0.25) is 5.91 Å². The molecule has 0 saturated heterocycles. The zero-order chi connectivity index (χ0) is 18.9. The largest absolute Gasteiger partial charge is 0.497 e. The molecule has 0 radical (unpaired) electrons. The summed E-state index contributed by atoms with van der Waals surface area (Å²) in [6, 6.07) is 12.7. The van der Waals surface area contributed by atoms with Crippen molar-refractivity contribution in [1.82, 2.24) is 14.8 Å². The quantitative estimate of drug-likeness (QED) is 0.779. The van der Waals surface area contributed by atoms with Gasteiger partial charge in [0.15, 0.2) is 0 Å². The highest BCUT2D eigenvalue weighted by atomic mass is 16.5. The molecule has 0 saturated carbocycles. The zero-order valence-corrected chi connectivity index (χ0v) is 15.1. The number of rotatable bonds is 8. The summed E-state index contributed by atoms with van der Waals surface area (Å²) in [5.74, 6) is 0.615. The summed E-state index contributed by atoms with van der Waals surface area (Å²) in [5, 5.41) is 0. The molecule has 0 atom stereocenters. The van der Waals surface area contributed by atoms with Crippen LogP contribution in [-0.2, 0) is 17.8 Å². The van der Waals surface area contributed by atoms with Gasteiger partial charge in [0.1, 0.15) is 12.3 Å². The Hall–Kier alpha value is -3.09. The topological polar surface area (TPSA) is 88.8 Å². The van der Waals surface area contributed by atoms with Crippen LogP contribution in [0.1, 0.15) is 11.3 Å². The molecule has 2 rings (SSSR count). The van der Waals surface area contributed by atoms with Gasteiger partial charge in [-0.25, -0.2) is 4.79 Å². The van der Waals surface area contributed by atoms with Gasteiger partial charge < -0.3 is 20.3 Å². The summed E-state index contributed by atoms with van der Waals surface area (Å²) in [7, 11) is 3.13. The number of nitrogens with two attached hydrogens (primary N) is 1. The normalized spacial score (nSPS) is 10.2. The minimum Gasteiger partial charge on any atom is -0.497 e. The third-order valence-electron chi connectivity index (χ3n) is 4.01. The lowest BCUT2D eigenvalue weighted by atomic mass is 10.1. The van der Waals surface area contributed by atoms with E-state index in [1.807, 2.05) is 42.5 Å². The van der Waals surface area contributed by atoms with Gasteiger partial charge in [-0.3, -0.25) is 9.78 Å². The maximum absolute atomic E-state index is 12.6. The highest BCUT2D eigenvalue weighted by molar-refractivity contribution is 5.83. The number of aromatic nitrogens is 1. The Balaban J connectivity index is 2.05. The molecule has 0 aliphatic heterocycles. The fraction of sp³-hybridized carbons (Fsp3) is 0.316. The highest BCUT2D eigenvalue weighted by Gasteiger charge is 2.18. The molecule has 0 unspecified atom stereocenters. The number of pyridine rings is 1. The second kappa shape index (κ2) is 9.41. The molecular weight excluding hydrogens is 332 g/mol. The molecule has 26 heavy (non-hydrogen) atoms. The smallest absolute Gasteiger partial charge is 0.314 e. The second-order valence-corrected chi connectivity index (χ2v) is 5.93. The summed E-state index contributed by atoms with van der Waals surface area (Å²) in [5.41, 5.74) is 7.10. The van der Waals surface area contributed by atoms with Crippen molar-refractivity contribution in [2.45, 2.75) is 13.0 Å². The van der Waals surface area contributed by atoms with Crippen LogP contribution in [0.15, 0.2) is 48.7 Å². The average Bonchev–Trinajstić information content (AvgIpc) is 2.66. The highest BCUT2D eigenvalue weighted by Crippen LogP contribution is 2.13. The number of carbonyl (C=O) groups excluding carboxylic acids is 2. The molecule has 0 fully saturated rings. The van der Waals surface area contributed by atoms with E-state index >= 15 is 0 Å². The minimum atomic E-state index is -0.633. The first-order chi connectivity index (χ1) is 12.5. The third kappa shape index (κ3) is 5.77. The predicted octanol–water partition coefficient (Wildman–Crippen LogP) is 1.67. The van der Waals surface area contributed by atoms with Crippen LogP contribution in [0.3, 0.4) is 0 Å². The molecule has 2 aromatic rings. The fourth-order valence-corrected chi connectivity index (χ4v) is 2.42. The lowest BCUT2D eigenvalue weighted by molar-refractivity contribution is -0.132. The Morgan fingerprint density at radius 3 is 2.46 bits per heavy atom. The summed E-state index contributed by atoms with van der Waals surface area (Å²) in [4.78, 5) is 31.0. The molecule has 0 aliphatic carbocycles. The second-order valence-electron chi connectivity index (χ2n) is 5.93. The molecule has 7 heteroatoms. The maximum Gasteiger partial charge on any atom is 0.314 e. The number of benzene rings is 1. The molecule has 0 bridgehead atoms. The summed E-state index contributed by atoms with van der Waals surface area (Å²) in [6.07, 6.45) is 2.37. The van der Waals surface area contributed by atoms with Crippen molar-refractivity contribution in [3.05, 3.63) is 59.9 Å². The van der Waals surface area contributed by atoms with Gasteiger partial charge in [0.25, 0.3) is 0 Å². The molecule has 0 spiro atoms. The van der Waals surface area contributed by atoms with Crippen LogP contribution in [0.5, 0.6) is 5.75 Å². The number of carbonyl (C=O) groups is 2. The van der Waals surface area contributed by atoms with E-state index in [9.17, 15) is 9.59 Å². The number of methoxy groups -OCH3 is 1. The zero-order valence-electron chi connectivity index (χ0n) is 15.1. The Morgan fingerprint density at radius 2 is 1.88 bits per heavy atom. The lowest BCUT2D eigenvalue weighted by Crippen LogP contribution is -2.43. The lowest BCUT2D eigenvalue weighted by Gasteiger charge is -2.25. The number of hydrogen-bond acceptors (Lipinski definition) is 4. The van der Waals surface area contributed by atoms with E-state index in [4.69, 9.17) is 10.5 Å². The van der Waals surface area contributed by atoms with Crippen molar-refractivity contribution in [1.29, 1.82) is 0 Å². The van der Waals surface area contributed by atoms with Gasteiger partial charge in [-0.05, 0) is 36.2 Å². The first kappa shape index (κ1) is 19.2. The van der Waals surface area contributed by atoms with Crippen LogP contribution >= 0.6 is 0 Å². The number of primary amides is 1. The molecule has 0 aliphatic rings. The van der Waals surface area contributed by atoms with Crippen molar-refractivity contribution >= 4 is 11.9 Å². The maximum atomic E-state index is 12.6. The molecule has 1 heterocycles. The monoisotopic (exact) mass is 356 g/mol. The van der Waals surface area contributed by atoms with Crippen molar-refractivity contribution in [2.75, 3.05) is 27.2 Å². The molecule has 3 amide bonds. The molecule has 2 N–H and O–H groups in total. The van der Waals surface area contributed by atoms with E-state index in [1.54, 1.807) is 18.2 Å². The molecular formula is C19H24N4O3. The molecule has 138 valence electrons. The van der Waals surface area contributed by atoms with Crippen LogP contribution in [0.4, 0.5) is 4.79 Å². The average molecular weight is 356 g/mol.